The largest absolute Gasteiger partial charge is 0.343 e. The summed E-state index contributed by atoms with van der Waals surface area (Å²) in [7, 11) is 0. The summed E-state index contributed by atoms with van der Waals surface area (Å²) in [5, 5.41) is 2.02. The van der Waals surface area contributed by atoms with Gasteiger partial charge in [0, 0.05) is 23.3 Å². The van der Waals surface area contributed by atoms with Crippen molar-refractivity contribution in [2.45, 2.75) is 20.4 Å². The van der Waals surface area contributed by atoms with E-state index in [-0.39, 0.29) is 0 Å². The van der Waals surface area contributed by atoms with Crippen LogP contribution < -0.4 is 0 Å². The summed E-state index contributed by atoms with van der Waals surface area (Å²) in [6, 6.07) is 14.8. The third-order valence-electron chi connectivity index (χ3n) is 3.37. The fourth-order valence-corrected chi connectivity index (χ4v) is 2.82. The fraction of sp³-hybridized carbons (Fsp3) is 0.176. The SMILES string of the molecule is Cc1cc(C)cc(Cn2ccc3ccc(Cl)cc32)c1. The molecule has 0 saturated carbocycles. The van der Waals surface area contributed by atoms with Crippen LogP contribution in [0.15, 0.2) is 48.7 Å². The lowest BCUT2D eigenvalue weighted by molar-refractivity contribution is 0.835. The van der Waals surface area contributed by atoms with Crippen LogP contribution in [0.25, 0.3) is 10.9 Å². The van der Waals surface area contributed by atoms with E-state index < -0.39 is 0 Å². The van der Waals surface area contributed by atoms with Crippen molar-refractivity contribution >= 4 is 22.5 Å². The standard InChI is InChI=1S/C17H16ClN/c1-12-7-13(2)9-14(8-12)11-19-6-5-15-3-4-16(18)10-17(15)19/h3-10H,11H2,1-2H3. The van der Waals surface area contributed by atoms with Crippen LogP contribution in [0.2, 0.25) is 5.02 Å². The first-order chi connectivity index (χ1) is 9.11. The molecule has 2 aromatic carbocycles. The van der Waals surface area contributed by atoms with Crippen molar-refractivity contribution in [1.29, 1.82) is 0 Å². The van der Waals surface area contributed by atoms with Gasteiger partial charge in [0.25, 0.3) is 0 Å². The molecule has 1 nitrogen and oxygen atoms in total. The summed E-state index contributed by atoms with van der Waals surface area (Å²) in [6.07, 6.45) is 2.12. The molecule has 0 bridgehead atoms. The van der Waals surface area contributed by atoms with E-state index in [0.29, 0.717) is 0 Å². The van der Waals surface area contributed by atoms with Gasteiger partial charge in [-0.2, -0.15) is 0 Å². The molecule has 0 fully saturated rings. The Morgan fingerprint density at radius 3 is 2.42 bits per heavy atom. The summed E-state index contributed by atoms with van der Waals surface area (Å²) >= 11 is 6.09. The zero-order valence-electron chi connectivity index (χ0n) is 11.2. The summed E-state index contributed by atoms with van der Waals surface area (Å²) in [4.78, 5) is 0. The molecule has 0 N–H and O–H groups in total. The lowest BCUT2D eigenvalue weighted by Crippen LogP contribution is -1.98. The van der Waals surface area contributed by atoms with Gasteiger partial charge in [0.15, 0.2) is 0 Å². The summed E-state index contributed by atoms with van der Waals surface area (Å²) in [5.41, 5.74) is 5.13. The maximum absolute atomic E-state index is 6.09. The van der Waals surface area contributed by atoms with Gasteiger partial charge in [0.05, 0.1) is 0 Å². The Morgan fingerprint density at radius 2 is 1.68 bits per heavy atom. The zero-order chi connectivity index (χ0) is 13.4. The number of aryl methyl sites for hydroxylation is 2. The smallest absolute Gasteiger partial charge is 0.0498 e. The molecule has 0 aliphatic heterocycles. The van der Waals surface area contributed by atoms with Crippen LogP contribution in [-0.2, 0) is 6.54 Å². The molecule has 2 heteroatoms. The molecule has 3 rings (SSSR count). The van der Waals surface area contributed by atoms with Gasteiger partial charge < -0.3 is 4.57 Å². The van der Waals surface area contributed by atoms with Gasteiger partial charge in [-0.3, -0.25) is 0 Å². The number of aromatic nitrogens is 1. The average Bonchev–Trinajstić information content (AvgIpc) is 2.70. The third-order valence-corrected chi connectivity index (χ3v) is 3.61. The van der Waals surface area contributed by atoms with Gasteiger partial charge in [-0.15, -0.1) is 0 Å². The molecule has 0 atom stereocenters. The number of benzene rings is 2. The molecule has 19 heavy (non-hydrogen) atoms. The average molecular weight is 270 g/mol. The number of rotatable bonds is 2. The first kappa shape index (κ1) is 12.3. The Kier molecular flexibility index (Phi) is 3.08. The van der Waals surface area contributed by atoms with Crippen molar-refractivity contribution in [2.24, 2.45) is 0 Å². The summed E-state index contributed by atoms with van der Waals surface area (Å²) < 4.78 is 2.25. The van der Waals surface area contributed by atoms with Crippen LogP contribution in [0.1, 0.15) is 16.7 Å². The van der Waals surface area contributed by atoms with E-state index >= 15 is 0 Å². The highest BCUT2D eigenvalue weighted by molar-refractivity contribution is 6.31. The lowest BCUT2D eigenvalue weighted by atomic mass is 10.1. The number of hydrogen-bond acceptors (Lipinski definition) is 0. The van der Waals surface area contributed by atoms with Crippen molar-refractivity contribution in [2.75, 3.05) is 0 Å². The molecule has 1 heterocycles. The highest BCUT2D eigenvalue weighted by Gasteiger charge is 2.03. The van der Waals surface area contributed by atoms with Gasteiger partial charge in [0.2, 0.25) is 0 Å². The number of halogens is 1. The second kappa shape index (κ2) is 4.75. The molecule has 0 amide bonds. The van der Waals surface area contributed by atoms with E-state index in [1.54, 1.807) is 0 Å². The fourth-order valence-electron chi connectivity index (χ4n) is 2.65. The molecule has 0 aliphatic carbocycles. The molecule has 0 radical (unpaired) electrons. The Balaban J connectivity index is 2.03. The van der Waals surface area contributed by atoms with E-state index in [2.05, 4.69) is 54.9 Å². The van der Waals surface area contributed by atoms with Crippen LogP contribution in [0.4, 0.5) is 0 Å². The highest BCUT2D eigenvalue weighted by atomic mass is 35.5. The van der Waals surface area contributed by atoms with E-state index in [1.807, 2.05) is 12.1 Å². The molecule has 3 aromatic rings. The summed E-state index contributed by atoms with van der Waals surface area (Å²) in [5.74, 6) is 0. The van der Waals surface area contributed by atoms with Crippen LogP contribution in [0.5, 0.6) is 0 Å². The van der Waals surface area contributed by atoms with Crippen molar-refractivity contribution in [3.8, 4) is 0 Å². The van der Waals surface area contributed by atoms with E-state index in [0.717, 1.165) is 11.6 Å². The maximum atomic E-state index is 6.09. The third kappa shape index (κ3) is 2.52. The number of hydrogen-bond donors (Lipinski definition) is 0. The molecule has 96 valence electrons. The van der Waals surface area contributed by atoms with Crippen LogP contribution in [-0.4, -0.2) is 4.57 Å². The quantitative estimate of drug-likeness (QED) is 0.620. The molecular weight excluding hydrogens is 254 g/mol. The molecule has 0 aliphatic rings. The van der Waals surface area contributed by atoms with E-state index in [9.17, 15) is 0 Å². The van der Waals surface area contributed by atoms with Gasteiger partial charge in [-0.1, -0.05) is 47.0 Å². The number of fused-ring (bicyclic) bond motifs is 1. The normalized spacial score (nSPS) is 11.1. The minimum absolute atomic E-state index is 0.785. The highest BCUT2D eigenvalue weighted by Crippen LogP contribution is 2.22. The van der Waals surface area contributed by atoms with Crippen molar-refractivity contribution < 1.29 is 0 Å². The predicted octanol–water partition coefficient (Wildman–Crippen LogP) is 4.96. The van der Waals surface area contributed by atoms with Crippen LogP contribution >= 0.6 is 11.6 Å². The molecule has 1 aromatic heterocycles. The Morgan fingerprint density at radius 1 is 0.947 bits per heavy atom. The Bertz CT molecular complexity index is 720. The Labute approximate surface area is 118 Å². The lowest BCUT2D eigenvalue weighted by Gasteiger charge is -2.08. The molecule has 0 unspecified atom stereocenters. The molecule has 0 saturated heterocycles. The minimum atomic E-state index is 0.785. The minimum Gasteiger partial charge on any atom is -0.343 e. The zero-order valence-corrected chi connectivity index (χ0v) is 11.9. The van der Waals surface area contributed by atoms with E-state index in [4.69, 9.17) is 11.6 Å². The van der Waals surface area contributed by atoms with Crippen LogP contribution in [0, 0.1) is 13.8 Å². The maximum Gasteiger partial charge on any atom is 0.0498 e. The topological polar surface area (TPSA) is 4.93 Å². The monoisotopic (exact) mass is 269 g/mol. The second-order valence-electron chi connectivity index (χ2n) is 5.14. The molecular formula is C17H16ClN. The second-order valence-corrected chi connectivity index (χ2v) is 5.58. The van der Waals surface area contributed by atoms with Crippen LogP contribution in [0.3, 0.4) is 0 Å². The van der Waals surface area contributed by atoms with Crippen molar-refractivity contribution in [3.63, 3.8) is 0 Å². The molecule has 0 spiro atoms. The van der Waals surface area contributed by atoms with Gasteiger partial charge in [-0.25, -0.2) is 0 Å². The first-order valence-corrected chi connectivity index (χ1v) is 6.81. The summed E-state index contributed by atoms with van der Waals surface area (Å²) in [6.45, 7) is 5.16. The van der Waals surface area contributed by atoms with Crippen molar-refractivity contribution in [3.05, 3.63) is 70.4 Å². The van der Waals surface area contributed by atoms with Gasteiger partial charge in [-0.05, 0) is 43.0 Å². The number of nitrogens with zero attached hydrogens (tertiary/aromatic N) is 1. The van der Waals surface area contributed by atoms with Gasteiger partial charge >= 0.3 is 0 Å². The van der Waals surface area contributed by atoms with E-state index in [1.165, 1.54) is 27.6 Å². The first-order valence-electron chi connectivity index (χ1n) is 6.43. The Hall–Kier alpha value is -1.73. The predicted molar refractivity (Wildman–Crippen MR) is 82.0 cm³/mol. The van der Waals surface area contributed by atoms with Gasteiger partial charge in [0.1, 0.15) is 0 Å². The van der Waals surface area contributed by atoms with Crippen molar-refractivity contribution in [1.82, 2.24) is 4.57 Å².